The van der Waals surface area contributed by atoms with Crippen LogP contribution in [0.15, 0.2) is 18.2 Å². The summed E-state index contributed by atoms with van der Waals surface area (Å²) in [5.41, 5.74) is 0.00600. The smallest absolute Gasteiger partial charge is 0.338 e. The molecule has 0 atom stereocenters. The first-order valence-corrected chi connectivity index (χ1v) is 5.07. The summed E-state index contributed by atoms with van der Waals surface area (Å²) in [4.78, 5) is 11.2. The van der Waals surface area contributed by atoms with Crippen LogP contribution in [0.3, 0.4) is 0 Å². The van der Waals surface area contributed by atoms with E-state index in [1.54, 1.807) is 6.92 Å². The topological polar surface area (TPSA) is 41.1 Å². The Kier molecular flexibility index (Phi) is 7.91. The maximum Gasteiger partial charge on any atom is 0.416 e. The molecular formula is C13H21F3N2O. The summed E-state index contributed by atoms with van der Waals surface area (Å²) in [6.45, 7) is 3.71. The summed E-state index contributed by atoms with van der Waals surface area (Å²) in [6, 6.07) is 2.75. The van der Waals surface area contributed by atoms with E-state index < -0.39 is 17.8 Å². The number of anilines is 1. The Hall–Kier alpha value is -1.72. The van der Waals surface area contributed by atoms with Crippen molar-refractivity contribution in [1.29, 1.82) is 0 Å². The van der Waals surface area contributed by atoms with Crippen LogP contribution in [0.1, 0.15) is 32.9 Å². The van der Waals surface area contributed by atoms with E-state index in [4.69, 9.17) is 0 Å². The van der Waals surface area contributed by atoms with E-state index in [9.17, 15) is 18.0 Å². The molecule has 0 heterocycles. The van der Waals surface area contributed by atoms with Crippen LogP contribution in [-0.4, -0.2) is 12.6 Å². The molecule has 0 aliphatic carbocycles. The Bertz CT molecular complexity index is 417. The maximum atomic E-state index is 12.4. The molecule has 1 aromatic rings. The molecule has 0 aromatic heterocycles. The predicted octanol–water partition coefficient (Wildman–Crippen LogP) is 4.43. The molecule has 1 rings (SSSR count). The minimum atomic E-state index is -4.37. The highest BCUT2D eigenvalue weighted by Gasteiger charge is 2.30. The number of benzene rings is 1. The molecule has 2 N–H and O–H groups in total. The van der Waals surface area contributed by atoms with Crippen molar-refractivity contribution in [3.8, 4) is 0 Å². The molecule has 19 heavy (non-hydrogen) atoms. The van der Waals surface area contributed by atoms with Crippen LogP contribution in [-0.2, 0) is 6.18 Å². The Morgan fingerprint density at radius 3 is 2.26 bits per heavy atom. The molecule has 0 spiro atoms. The van der Waals surface area contributed by atoms with E-state index in [-0.39, 0.29) is 14.9 Å². The van der Waals surface area contributed by atoms with E-state index in [0.29, 0.717) is 17.8 Å². The summed E-state index contributed by atoms with van der Waals surface area (Å²) < 4.78 is 37.1. The number of hydrogen-bond acceptors (Lipinski definition) is 1. The van der Waals surface area contributed by atoms with Gasteiger partial charge in [-0.1, -0.05) is 14.9 Å². The van der Waals surface area contributed by atoms with Crippen molar-refractivity contribution in [2.24, 2.45) is 0 Å². The van der Waals surface area contributed by atoms with Gasteiger partial charge in [-0.25, -0.2) is 4.79 Å². The molecule has 110 valence electrons. The minimum Gasteiger partial charge on any atom is -0.338 e. The number of aryl methyl sites for hydroxylation is 1. The van der Waals surface area contributed by atoms with Gasteiger partial charge in [0.1, 0.15) is 0 Å². The lowest BCUT2D eigenvalue weighted by Crippen LogP contribution is -2.28. The zero-order chi connectivity index (χ0) is 13.1. The first kappa shape index (κ1) is 19.6. The highest BCUT2D eigenvalue weighted by Crippen LogP contribution is 2.31. The molecule has 0 unspecified atom stereocenters. The third-order valence-corrected chi connectivity index (χ3v) is 2.14. The molecule has 3 nitrogen and oxygen atoms in total. The molecule has 2 amide bonds. The van der Waals surface area contributed by atoms with Crippen LogP contribution < -0.4 is 10.6 Å². The van der Waals surface area contributed by atoms with Crippen LogP contribution >= 0.6 is 0 Å². The normalized spacial score (nSPS) is 9.95. The number of halogens is 3. The third-order valence-electron chi connectivity index (χ3n) is 2.14. The molecule has 0 aliphatic rings. The molecule has 0 saturated carbocycles. The molecule has 0 fully saturated rings. The van der Waals surface area contributed by atoms with Gasteiger partial charge in [0.25, 0.3) is 0 Å². The van der Waals surface area contributed by atoms with Gasteiger partial charge >= 0.3 is 12.2 Å². The SMILES string of the molecule is C.C.CCNC(=O)Nc1ccc(C(F)(F)F)cc1C. The fourth-order valence-corrected chi connectivity index (χ4v) is 1.31. The molecule has 0 radical (unpaired) electrons. The van der Waals surface area contributed by atoms with Crippen LogP contribution in [0.4, 0.5) is 23.7 Å². The van der Waals surface area contributed by atoms with Crippen LogP contribution in [0, 0.1) is 6.92 Å². The Balaban J connectivity index is 0. The number of alkyl halides is 3. The number of hydrogen-bond donors (Lipinski definition) is 2. The molecular weight excluding hydrogens is 257 g/mol. The van der Waals surface area contributed by atoms with Gasteiger partial charge in [0.15, 0.2) is 0 Å². The van der Waals surface area contributed by atoms with E-state index in [0.717, 1.165) is 12.1 Å². The number of carbonyl (C=O) groups is 1. The number of amides is 2. The van der Waals surface area contributed by atoms with Crippen molar-refractivity contribution in [1.82, 2.24) is 5.32 Å². The fraction of sp³-hybridized carbons (Fsp3) is 0.462. The lowest BCUT2D eigenvalue weighted by atomic mass is 10.1. The molecule has 1 aromatic carbocycles. The second kappa shape index (κ2) is 7.66. The van der Waals surface area contributed by atoms with E-state index >= 15 is 0 Å². The van der Waals surface area contributed by atoms with E-state index in [1.165, 1.54) is 13.0 Å². The van der Waals surface area contributed by atoms with Gasteiger partial charge in [0.2, 0.25) is 0 Å². The van der Waals surface area contributed by atoms with Gasteiger partial charge in [0, 0.05) is 12.2 Å². The Morgan fingerprint density at radius 2 is 1.84 bits per heavy atom. The molecule has 0 aliphatic heterocycles. The van der Waals surface area contributed by atoms with E-state index in [2.05, 4.69) is 10.6 Å². The van der Waals surface area contributed by atoms with E-state index in [1.807, 2.05) is 0 Å². The molecule has 6 heteroatoms. The summed E-state index contributed by atoms with van der Waals surface area (Å²) in [5.74, 6) is 0. The average Bonchev–Trinajstić information content (AvgIpc) is 2.20. The van der Waals surface area contributed by atoms with Gasteiger partial charge in [-0.3, -0.25) is 0 Å². The summed E-state index contributed by atoms with van der Waals surface area (Å²) >= 11 is 0. The largest absolute Gasteiger partial charge is 0.416 e. The standard InChI is InChI=1S/C11H13F3N2O.2CH4/c1-3-15-10(17)16-9-5-4-8(6-7(9)2)11(12,13)14;;/h4-6H,3H2,1-2H3,(H2,15,16,17);2*1H4. The third kappa shape index (κ3) is 5.63. The minimum absolute atomic E-state index is 0. The zero-order valence-corrected chi connectivity index (χ0v) is 9.48. The monoisotopic (exact) mass is 278 g/mol. The highest BCUT2D eigenvalue weighted by atomic mass is 19.4. The van der Waals surface area contributed by atoms with Crippen molar-refractivity contribution in [3.05, 3.63) is 29.3 Å². The van der Waals surface area contributed by atoms with Crippen molar-refractivity contribution >= 4 is 11.7 Å². The van der Waals surface area contributed by atoms with Gasteiger partial charge in [-0.15, -0.1) is 0 Å². The van der Waals surface area contributed by atoms with Gasteiger partial charge in [-0.05, 0) is 37.6 Å². The van der Waals surface area contributed by atoms with Crippen LogP contribution in [0.2, 0.25) is 0 Å². The van der Waals surface area contributed by atoms with Crippen molar-refractivity contribution in [2.45, 2.75) is 34.9 Å². The number of carbonyl (C=O) groups excluding carboxylic acids is 1. The molecule has 0 saturated heterocycles. The van der Waals surface area contributed by atoms with Gasteiger partial charge in [-0.2, -0.15) is 13.2 Å². The fourth-order valence-electron chi connectivity index (χ4n) is 1.31. The number of urea groups is 1. The first-order chi connectivity index (χ1) is 7.84. The summed E-state index contributed by atoms with van der Waals surface area (Å²) in [5, 5.41) is 4.97. The van der Waals surface area contributed by atoms with Gasteiger partial charge < -0.3 is 10.6 Å². The maximum absolute atomic E-state index is 12.4. The first-order valence-electron chi connectivity index (χ1n) is 5.07. The summed E-state index contributed by atoms with van der Waals surface area (Å²) in [7, 11) is 0. The lowest BCUT2D eigenvalue weighted by Gasteiger charge is -2.12. The second-order valence-electron chi connectivity index (χ2n) is 3.51. The second-order valence-corrected chi connectivity index (χ2v) is 3.51. The van der Waals surface area contributed by atoms with Crippen LogP contribution in [0.25, 0.3) is 0 Å². The number of rotatable bonds is 2. The van der Waals surface area contributed by atoms with Crippen molar-refractivity contribution in [2.75, 3.05) is 11.9 Å². The summed E-state index contributed by atoms with van der Waals surface area (Å²) in [6.07, 6.45) is -4.37. The zero-order valence-electron chi connectivity index (χ0n) is 9.48. The Morgan fingerprint density at radius 1 is 1.26 bits per heavy atom. The average molecular weight is 278 g/mol. The molecule has 0 bridgehead atoms. The highest BCUT2D eigenvalue weighted by molar-refractivity contribution is 5.90. The van der Waals surface area contributed by atoms with Crippen molar-refractivity contribution in [3.63, 3.8) is 0 Å². The quantitative estimate of drug-likeness (QED) is 0.825. The lowest BCUT2D eigenvalue weighted by molar-refractivity contribution is -0.137. The van der Waals surface area contributed by atoms with Gasteiger partial charge in [0.05, 0.1) is 5.56 Å². The number of nitrogens with one attached hydrogen (secondary N) is 2. The Labute approximate surface area is 112 Å². The van der Waals surface area contributed by atoms with Crippen LogP contribution in [0.5, 0.6) is 0 Å². The predicted molar refractivity (Wildman–Crippen MR) is 72.3 cm³/mol. The van der Waals surface area contributed by atoms with Crippen molar-refractivity contribution < 1.29 is 18.0 Å².